The molecule has 0 radical (unpaired) electrons. The van der Waals surface area contributed by atoms with Crippen molar-refractivity contribution in [1.29, 1.82) is 0 Å². The molecule has 0 bridgehead atoms. The lowest BCUT2D eigenvalue weighted by Gasteiger charge is -2.05. The zero-order valence-corrected chi connectivity index (χ0v) is 11.3. The van der Waals surface area contributed by atoms with Crippen LogP contribution in [0.5, 0.6) is 5.75 Å². The van der Waals surface area contributed by atoms with Crippen LogP contribution in [0.2, 0.25) is 0 Å². The van der Waals surface area contributed by atoms with Crippen LogP contribution in [-0.2, 0) is 0 Å². The fourth-order valence-electron chi connectivity index (χ4n) is 1.38. The number of halogens is 1. The summed E-state index contributed by atoms with van der Waals surface area (Å²) in [7, 11) is 0. The molecule has 0 aromatic heterocycles. The van der Waals surface area contributed by atoms with Gasteiger partial charge in [0.25, 0.3) is 0 Å². The molecule has 0 atom stereocenters. The number of para-hydroxylation sites is 1. The van der Waals surface area contributed by atoms with Crippen molar-refractivity contribution in [2.45, 2.75) is 0 Å². The highest BCUT2D eigenvalue weighted by Crippen LogP contribution is 2.11. The molecule has 0 aliphatic rings. The standard InChI is InChI=1S/C14H11IO2/c15-12-8-6-11(7-9-12)14(16)10-17-13-4-2-1-3-5-13/h1-9H,10H2. The number of hydrogen-bond donors (Lipinski definition) is 0. The van der Waals surface area contributed by atoms with E-state index in [1.165, 1.54) is 0 Å². The monoisotopic (exact) mass is 338 g/mol. The smallest absolute Gasteiger partial charge is 0.200 e. The first-order valence-corrected chi connectivity index (χ1v) is 6.30. The van der Waals surface area contributed by atoms with E-state index in [0.717, 1.165) is 3.57 Å². The Morgan fingerprint density at radius 3 is 2.29 bits per heavy atom. The lowest BCUT2D eigenvalue weighted by molar-refractivity contribution is 0.0921. The summed E-state index contributed by atoms with van der Waals surface area (Å²) in [6.45, 7) is 0.0740. The predicted octanol–water partition coefficient (Wildman–Crippen LogP) is 3.55. The number of ketones is 1. The lowest BCUT2D eigenvalue weighted by Crippen LogP contribution is -2.11. The van der Waals surface area contributed by atoms with Crippen LogP contribution in [0.1, 0.15) is 10.4 Å². The molecule has 0 N–H and O–H groups in total. The minimum absolute atomic E-state index is 0.00902. The molecule has 0 aliphatic heterocycles. The first-order chi connectivity index (χ1) is 8.25. The Kier molecular flexibility index (Phi) is 4.14. The van der Waals surface area contributed by atoms with E-state index >= 15 is 0 Å². The van der Waals surface area contributed by atoms with Crippen molar-refractivity contribution in [2.24, 2.45) is 0 Å². The van der Waals surface area contributed by atoms with Crippen molar-refractivity contribution in [3.8, 4) is 5.75 Å². The molecule has 3 heteroatoms. The summed E-state index contributed by atoms with van der Waals surface area (Å²) in [5, 5.41) is 0. The highest BCUT2D eigenvalue weighted by Gasteiger charge is 2.06. The highest BCUT2D eigenvalue weighted by atomic mass is 127. The topological polar surface area (TPSA) is 26.3 Å². The van der Waals surface area contributed by atoms with Gasteiger partial charge in [-0.3, -0.25) is 4.79 Å². The van der Waals surface area contributed by atoms with E-state index in [1.54, 1.807) is 0 Å². The summed E-state index contributed by atoms with van der Waals surface area (Å²) in [5.74, 6) is 0.705. The van der Waals surface area contributed by atoms with E-state index in [1.807, 2.05) is 54.6 Å². The maximum atomic E-state index is 11.8. The van der Waals surface area contributed by atoms with Crippen LogP contribution >= 0.6 is 22.6 Å². The second kappa shape index (κ2) is 5.82. The van der Waals surface area contributed by atoms with Gasteiger partial charge in [0.15, 0.2) is 12.4 Å². The molecular formula is C14H11IO2. The van der Waals surface area contributed by atoms with Gasteiger partial charge in [-0.25, -0.2) is 0 Å². The molecule has 17 heavy (non-hydrogen) atoms. The van der Waals surface area contributed by atoms with Crippen molar-refractivity contribution in [1.82, 2.24) is 0 Å². The highest BCUT2D eigenvalue weighted by molar-refractivity contribution is 14.1. The first-order valence-electron chi connectivity index (χ1n) is 5.22. The van der Waals surface area contributed by atoms with Crippen LogP contribution in [0.25, 0.3) is 0 Å². The lowest BCUT2D eigenvalue weighted by atomic mass is 10.1. The first kappa shape index (κ1) is 12.1. The summed E-state index contributed by atoms with van der Waals surface area (Å²) in [6, 6.07) is 16.8. The molecule has 2 aromatic rings. The Morgan fingerprint density at radius 1 is 1.00 bits per heavy atom. The van der Waals surface area contributed by atoms with Crippen LogP contribution in [0.4, 0.5) is 0 Å². The Morgan fingerprint density at radius 2 is 1.65 bits per heavy atom. The summed E-state index contributed by atoms with van der Waals surface area (Å²) in [6.07, 6.45) is 0. The summed E-state index contributed by atoms with van der Waals surface area (Å²) < 4.78 is 6.52. The number of rotatable bonds is 4. The number of ether oxygens (including phenoxy) is 1. The summed E-state index contributed by atoms with van der Waals surface area (Å²) >= 11 is 2.21. The van der Waals surface area contributed by atoms with E-state index in [9.17, 15) is 4.79 Å². The molecule has 0 heterocycles. The van der Waals surface area contributed by atoms with E-state index in [2.05, 4.69) is 22.6 Å². The Balaban J connectivity index is 1.96. The number of carbonyl (C=O) groups is 1. The van der Waals surface area contributed by atoms with Gasteiger partial charge < -0.3 is 4.74 Å². The fourth-order valence-corrected chi connectivity index (χ4v) is 1.74. The molecular weight excluding hydrogens is 327 g/mol. The average Bonchev–Trinajstić information content (AvgIpc) is 2.38. The Labute approximate surface area is 114 Å². The molecule has 0 saturated carbocycles. The second-order valence-corrected chi connectivity index (χ2v) is 4.78. The molecule has 86 valence electrons. The van der Waals surface area contributed by atoms with Crippen molar-refractivity contribution in [2.75, 3.05) is 6.61 Å². The maximum absolute atomic E-state index is 11.8. The van der Waals surface area contributed by atoms with Crippen molar-refractivity contribution in [3.63, 3.8) is 0 Å². The Hall–Kier alpha value is -1.36. The third-order valence-corrected chi connectivity index (χ3v) is 3.00. The third-order valence-electron chi connectivity index (χ3n) is 2.28. The quantitative estimate of drug-likeness (QED) is 0.630. The average molecular weight is 338 g/mol. The van der Waals surface area contributed by atoms with Gasteiger partial charge in [0, 0.05) is 9.13 Å². The third kappa shape index (κ3) is 3.56. The number of Topliss-reactive ketones (excluding diaryl/α,β-unsaturated/α-hetero) is 1. The second-order valence-electron chi connectivity index (χ2n) is 3.53. The maximum Gasteiger partial charge on any atom is 0.200 e. The zero-order valence-electron chi connectivity index (χ0n) is 9.10. The Bertz CT molecular complexity index is 491. The van der Waals surface area contributed by atoms with E-state index in [4.69, 9.17) is 4.74 Å². The molecule has 0 aliphatic carbocycles. The SMILES string of the molecule is O=C(COc1ccccc1)c1ccc(I)cc1. The molecule has 0 unspecified atom stereocenters. The largest absolute Gasteiger partial charge is 0.485 e. The van der Waals surface area contributed by atoms with E-state index in [-0.39, 0.29) is 12.4 Å². The molecule has 0 saturated heterocycles. The molecule has 0 fully saturated rings. The molecule has 2 rings (SSSR count). The molecule has 0 amide bonds. The van der Waals surface area contributed by atoms with E-state index in [0.29, 0.717) is 11.3 Å². The minimum Gasteiger partial charge on any atom is -0.485 e. The van der Waals surface area contributed by atoms with Gasteiger partial charge in [-0.05, 0) is 46.9 Å². The number of hydrogen-bond acceptors (Lipinski definition) is 2. The predicted molar refractivity (Wildman–Crippen MR) is 75.4 cm³/mol. The molecule has 2 nitrogen and oxygen atoms in total. The van der Waals surface area contributed by atoms with Gasteiger partial charge in [-0.15, -0.1) is 0 Å². The zero-order chi connectivity index (χ0) is 12.1. The molecule has 0 spiro atoms. The van der Waals surface area contributed by atoms with Crippen LogP contribution in [-0.4, -0.2) is 12.4 Å². The van der Waals surface area contributed by atoms with Gasteiger partial charge in [0.1, 0.15) is 5.75 Å². The van der Waals surface area contributed by atoms with Gasteiger partial charge in [0.05, 0.1) is 0 Å². The van der Waals surface area contributed by atoms with Gasteiger partial charge in [0.2, 0.25) is 0 Å². The van der Waals surface area contributed by atoms with Crippen LogP contribution in [0.3, 0.4) is 0 Å². The molecule has 2 aromatic carbocycles. The summed E-state index contributed by atoms with van der Waals surface area (Å²) in [4.78, 5) is 11.8. The number of benzene rings is 2. The van der Waals surface area contributed by atoms with Gasteiger partial charge >= 0.3 is 0 Å². The fraction of sp³-hybridized carbons (Fsp3) is 0.0714. The van der Waals surface area contributed by atoms with Crippen molar-refractivity contribution < 1.29 is 9.53 Å². The summed E-state index contributed by atoms with van der Waals surface area (Å²) in [5.41, 5.74) is 0.682. The van der Waals surface area contributed by atoms with Crippen molar-refractivity contribution in [3.05, 3.63) is 63.7 Å². The minimum atomic E-state index is -0.00902. The van der Waals surface area contributed by atoms with Crippen LogP contribution in [0.15, 0.2) is 54.6 Å². The normalized spacial score (nSPS) is 9.94. The number of carbonyl (C=O) groups excluding carboxylic acids is 1. The van der Waals surface area contributed by atoms with E-state index < -0.39 is 0 Å². The van der Waals surface area contributed by atoms with Gasteiger partial charge in [-0.2, -0.15) is 0 Å². The van der Waals surface area contributed by atoms with Gasteiger partial charge in [-0.1, -0.05) is 30.3 Å². The van der Waals surface area contributed by atoms with Crippen LogP contribution < -0.4 is 4.74 Å². The van der Waals surface area contributed by atoms with Crippen LogP contribution in [0, 0.1) is 3.57 Å². The van der Waals surface area contributed by atoms with Crippen molar-refractivity contribution >= 4 is 28.4 Å².